The predicted molar refractivity (Wildman–Crippen MR) is 87.8 cm³/mol. The lowest BCUT2D eigenvalue weighted by atomic mass is 10.2. The van der Waals surface area contributed by atoms with Crippen LogP contribution in [-0.4, -0.2) is 28.3 Å². The summed E-state index contributed by atoms with van der Waals surface area (Å²) in [5.74, 6) is 0.772. The van der Waals surface area contributed by atoms with Crippen LogP contribution in [0.5, 0.6) is 5.75 Å². The zero-order chi connectivity index (χ0) is 14.7. The molecule has 0 radical (unpaired) electrons. The molecule has 1 amide bonds. The van der Waals surface area contributed by atoms with Gasteiger partial charge in [0.05, 0.1) is 12.0 Å². The van der Waals surface area contributed by atoms with Gasteiger partial charge >= 0.3 is 0 Å². The lowest BCUT2D eigenvalue weighted by molar-refractivity contribution is -0.123. The Labute approximate surface area is 129 Å². The molecule has 3 nitrogen and oxygen atoms in total. The Morgan fingerprint density at radius 3 is 2.90 bits per heavy atom. The number of benzene rings is 1. The lowest BCUT2D eigenvalue weighted by Crippen LogP contribution is -2.36. The molecule has 106 valence electrons. The molecule has 0 aromatic heterocycles. The molecule has 0 bridgehead atoms. The van der Waals surface area contributed by atoms with Crippen LogP contribution in [0.25, 0.3) is 6.08 Å². The highest BCUT2D eigenvalue weighted by Gasteiger charge is 2.34. The van der Waals surface area contributed by atoms with Crippen molar-refractivity contribution in [1.29, 1.82) is 0 Å². The smallest absolute Gasteiger partial charge is 0.266 e. The number of carbonyl (C=O) groups excluding carboxylic acids is 1. The summed E-state index contributed by atoms with van der Waals surface area (Å²) < 4.78 is 5.82. The number of rotatable bonds is 4. The molecule has 0 saturated carbocycles. The van der Waals surface area contributed by atoms with Crippen molar-refractivity contribution in [3.63, 3.8) is 0 Å². The van der Waals surface area contributed by atoms with Crippen LogP contribution < -0.4 is 4.74 Å². The first-order valence-electron chi connectivity index (χ1n) is 6.48. The number of carbonyl (C=O) groups is 1. The van der Waals surface area contributed by atoms with Crippen LogP contribution in [0.15, 0.2) is 29.2 Å². The van der Waals surface area contributed by atoms with E-state index >= 15 is 0 Å². The summed E-state index contributed by atoms with van der Waals surface area (Å²) in [5.41, 5.74) is 0.939. The van der Waals surface area contributed by atoms with Crippen LogP contribution in [0.2, 0.25) is 0 Å². The van der Waals surface area contributed by atoms with Gasteiger partial charge in [0, 0.05) is 6.04 Å². The largest absolute Gasteiger partial charge is 0.497 e. The SMILES string of the molecule is CC[C@@H](C)N1C(=O)/C(=C/c2cccc(OC)c2)SC1=S. The lowest BCUT2D eigenvalue weighted by Gasteiger charge is -2.21. The molecule has 20 heavy (non-hydrogen) atoms. The van der Waals surface area contributed by atoms with Crippen LogP contribution in [-0.2, 0) is 4.79 Å². The molecule has 5 heteroatoms. The Balaban J connectivity index is 2.27. The van der Waals surface area contributed by atoms with Gasteiger partial charge in [-0.2, -0.15) is 0 Å². The summed E-state index contributed by atoms with van der Waals surface area (Å²) in [6.45, 7) is 4.06. The Bertz CT molecular complexity index is 569. The summed E-state index contributed by atoms with van der Waals surface area (Å²) in [5, 5.41) is 0. The molecule has 1 aliphatic heterocycles. The molecule has 1 atom stereocenters. The molecule has 1 aromatic rings. The van der Waals surface area contributed by atoms with Crippen molar-refractivity contribution in [3.8, 4) is 5.75 Å². The minimum atomic E-state index is -0.00262. The monoisotopic (exact) mass is 307 g/mol. The number of hydrogen-bond acceptors (Lipinski definition) is 4. The first kappa shape index (κ1) is 15.1. The third-order valence-corrected chi connectivity index (χ3v) is 4.58. The van der Waals surface area contributed by atoms with Gasteiger partial charge < -0.3 is 4.74 Å². The van der Waals surface area contributed by atoms with E-state index in [0.717, 1.165) is 17.7 Å². The molecule has 1 aliphatic rings. The minimum Gasteiger partial charge on any atom is -0.497 e. The highest BCUT2D eigenvalue weighted by atomic mass is 32.2. The van der Waals surface area contributed by atoms with Crippen LogP contribution in [0, 0.1) is 0 Å². The van der Waals surface area contributed by atoms with E-state index < -0.39 is 0 Å². The fraction of sp³-hybridized carbons (Fsp3) is 0.333. The average molecular weight is 307 g/mol. The van der Waals surface area contributed by atoms with Gasteiger partial charge in [-0.3, -0.25) is 9.69 Å². The summed E-state index contributed by atoms with van der Waals surface area (Å²) in [6.07, 6.45) is 2.75. The fourth-order valence-corrected chi connectivity index (χ4v) is 3.39. The van der Waals surface area contributed by atoms with Crippen molar-refractivity contribution in [2.75, 3.05) is 7.11 Å². The topological polar surface area (TPSA) is 29.5 Å². The molecule has 1 fully saturated rings. The normalized spacial score (nSPS) is 18.8. The number of thioether (sulfide) groups is 1. The zero-order valence-electron chi connectivity index (χ0n) is 11.8. The maximum atomic E-state index is 12.4. The van der Waals surface area contributed by atoms with E-state index in [4.69, 9.17) is 17.0 Å². The van der Waals surface area contributed by atoms with Crippen LogP contribution in [0.1, 0.15) is 25.8 Å². The van der Waals surface area contributed by atoms with Gasteiger partial charge in [0.25, 0.3) is 5.91 Å². The third-order valence-electron chi connectivity index (χ3n) is 3.25. The minimum absolute atomic E-state index is 0.00262. The number of amides is 1. The number of ether oxygens (including phenoxy) is 1. The van der Waals surface area contributed by atoms with Crippen LogP contribution in [0.3, 0.4) is 0 Å². The van der Waals surface area contributed by atoms with Crippen molar-refractivity contribution >= 4 is 40.3 Å². The summed E-state index contributed by atoms with van der Waals surface area (Å²) in [7, 11) is 1.63. The van der Waals surface area contributed by atoms with Gasteiger partial charge in [0.15, 0.2) is 0 Å². The van der Waals surface area contributed by atoms with E-state index in [1.807, 2.05) is 37.3 Å². The van der Waals surface area contributed by atoms with E-state index in [1.165, 1.54) is 11.8 Å². The predicted octanol–water partition coefficient (Wildman–Crippen LogP) is 3.69. The van der Waals surface area contributed by atoms with Crippen molar-refractivity contribution in [2.45, 2.75) is 26.3 Å². The summed E-state index contributed by atoms with van der Waals surface area (Å²) in [4.78, 5) is 14.8. The van der Waals surface area contributed by atoms with Gasteiger partial charge in [-0.15, -0.1) is 0 Å². The maximum Gasteiger partial charge on any atom is 0.266 e. The first-order valence-corrected chi connectivity index (χ1v) is 7.70. The first-order chi connectivity index (χ1) is 9.56. The maximum absolute atomic E-state index is 12.4. The van der Waals surface area contributed by atoms with Crippen molar-refractivity contribution in [3.05, 3.63) is 34.7 Å². The second-order valence-electron chi connectivity index (χ2n) is 4.59. The highest BCUT2D eigenvalue weighted by Crippen LogP contribution is 2.34. The summed E-state index contributed by atoms with van der Waals surface area (Å²) in [6, 6.07) is 7.76. The quantitative estimate of drug-likeness (QED) is 0.627. The van der Waals surface area contributed by atoms with Gasteiger partial charge in [0.2, 0.25) is 0 Å². The number of thiocarbonyl (C=S) groups is 1. The van der Waals surface area contributed by atoms with E-state index in [9.17, 15) is 4.79 Å². The standard InChI is InChI=1S/C15H17NO2S2/c1-4-10(2)16-14(17)13(20-15(16)19)9-11-6-5-7-12(8-11)18-3/h5-10H,4H2,1-3H3/b13-9-/t10-/m1/s1. The number of nitrogens with zero attached hydrogens (tertiary/aromatic N) is 1. The average Bonchev–Trinajstić information content (AvgIpc) is 2.73. The van der Waals surface area contributed by atoms with E-state index in [2.05, 4.69) is 6.92 Å². The summed E-state index contributed by atoms with van der Waals surface area (Å²) >= 11 is 6.67. The van der Waals surface area contributed by atoms with Crippen LogP contribution in [0.4, 0.5) is 0 Å². The van der Waals surface area contributed by atoms with E-state index in [0.29, 0.717) is 9.23 Å². The molecule has 0 spiro atoms. The molecule has 2 rings (SSSR count). The van der Waals surface area contributed by atoms with Crippen LogP contribution >= 0.6 is 24.0 Å². The fourth-order valence-electron chi connectivity index (χ4n) is 1.93. The Kier molecular flexibility index (Phi) is 4.83. The van der Waals surface area contributed by atoms with Gasteiger partial charge in [0.1, 0.15) is 10.1 Å². The van der Waals surface area contributed by atoms with Gasteiger partial charge in [-0.05, 0) is 37.1 Å². The molecule has 0 aliphatic carbocycles. The molecule has 1 aromatic carbocycles. The molecule has 0 unspecified atom stereocenters. The van der Waals surface area contributed by atoms with Gasteiger partial charge in [-0.25, -0.2) is 0 Å². The van der Waals surface area contributed by atoms with E-state index in [1.54, 1.807) is 12.0 Å². The molecular formula is C15H17NO2S2. The second-order valence-corrected chi connectivity index (χ2v) is 6.26. The van der Waals surface area contributed by atoms with Crippen molar-refractivity contribution < 1.29 is 9.53 Å². The Hall–Kier alpha value is -1.33. The van der Waals surface area contributed by atoms with E-state index in [-0.39, 0.29) is 11.9 Å². The molecule has 0 N–H and O–H groups in total. The zero-order valence-corrected chi connectivity index (χ0v) is 13.4. The van der Waals surface area contributed by atoms with Gasteiger partial charge in [-0.1, -0.05) is 43.0 Å². The molecule has 1 saturated heterocycles. The number of methoxy groups -OCH3 is 1. The number of hydrogen-bond donors (Lipinski definition) is 0. The van der Waals surface area contributed by atoms with Crippen molar-refractivity contribution in [1.82, 2.24) is 4.90 Å². The second kappa shape index (κ2) is 6.41. The Morgan fingerprint density at radius 2 is 2.25 bits per heavy atom. The highest BCUT2D eigenvalue weighted by molar-refractivity contribution is 8.26. The molecule has 1 heterocycles. The third kappa shape index (κ3) is 3.04. The van der Waals surface area contributed by atoms with Crippen molar-refractivity contribution in [2.24, 2.45) is 0 Å². The Morgan fingerprint density at radius 1 is 1.50 bits per heavy atom. The molecular weight excluding hydrogens is 290 g/mol.